The van der Waals surface area contributed by atoms with Gasteiger partial charge in [-0.05, 0) is 24.3 Å². The maximum absolute atomic E-state index is 11.5. The molecule has 1 amide bonds. The molecule has 2 nitrogen and oxygen atoms in total. The Balaban J connectivity index is 2.26. The van der Waals surface area contributed by atoms with Crippen LogP contribution in [-0.2, 0) is 0 Å². The zero-order chi connectivity index (χ0) is 11.1. The summed E-state index contributed by atoms with van der Waals surface area (Å²) in [6, 6.07) is 1.72. The first-order valence-electron chi connectivity index (χ1n) is 4.70. The average molecular weight is 242 g/mol. The van der Waals surface area contributed by atoms with E-state index in [9.17, 15) is 4.79 Å². The van der Waals surface area contributed by atoms with Crippen LogP contribution in [0.3, 0.4) is 0 Å². The maximum Gasteiger partial charge on any atom is 0.262 e. The van der Waals surface area contributed by atoms with Crippen molar-refractivity contribution >= 4 is 28.8 Å². The highest BCUT2D eigenvalue weighted by Crippen LogP contribution is 2.21. The highest BCUT2D eigenvalue weighted by atomic mass is 35.5. The number of terminal acetylenes is 1. The zero-order valence-electron chi connectivity index (χ0n) is 8.25. The van der Waals surface area contributed by atoms with E-state index in [4.69, 9.17) is 18.0 Å². The standard InChI is InChI=1S/C11H12ClNOS/c1-2-3-4-5-7-13-11(14)10-9(12)6-8-15-10/h1,6,8H,3-5,7H2,(H,13,14). The Morgan fingerprint density at radius 3 is 3.00 bits per heavy atom. The van der Waals surface area contributed by atoms with Gasteiger partial charge in [0.1, 0.15) is 4.88 Å². The molecule has 15 heavy (non-hydrogen) atoms. The van der Waals surface area contributed by atoms with E-state index >= 15 is 0 Å². The summed E-state index contributed by atoms with van der Waals surface area (Å²) in [5.74, 6) is 2.46. The molecule has 1 aromatic heterocycles. The van der Waals surface area contributed by atoms with E-state index in [1.165, 1.54) is 11.3 Å². The second-order valence-electron chi connectivity index (χ2n) is 3.01. The number of carbonyl (C=O) groups is 1. The lowest BCUT2D eigenvalue weighted by Gasteiger charge is -2.02. The smallest absolute Gasteiger partial charge is 0.262 e. The summed E-state index contributed by atoms with van der Waals surface area (Å²) in [6.45, 7) is 0.648. The summed E-state index contributed by atoms with van der Waals surface area (Å²) >= 11 is 7.17. The molecule has 0 unspecified atom stereocenters. The van der Waals surface area contributed by atoms with Crippen LogP contribution in [0.15, 0.2) is 11.4 Å². The van der Waals surface area contributed by atoms with Gasteiger partial charge in [0, 0.05) is 13.0 Å². The van der Waals surface area contributed by atoms with Gasteiger partial charge in [-0.15, -0.1) is 23.7 Å². The van der Waals surface area contributed by atoms with Crippen molar-refractivity contribution in [3.63, 3.8) is 0 Å². The molecule has 1 aromatic rings. The normalized spacial score (nSPS) is 9.60. The third kappa shape index (κ3) is 3.94. The lowest BCUT2D eigenvalue weighted by Crippen LogP contribution is -2.23. The van der Waals surface area contributed by atoms with E-state index in [-0.39, 0.29) is 5.91 Å². The summed E-state index contributed by atoms with van der Waals surface area (Å²) in [7, 11) is 0. The van der Waals surface area contributed by atoms with Crippen LogP contribution < -0.4 is 5.32 Å². The minimum Gasteiger partial charge on any atom is -0.351 e. The molecule has 0 atom stereocenters. The first-order valence-corrected chi connectivity index (χ1v) is 5.96. The van der Waals surface area contributed by atoms with Gasteiger partial charge in [0.05, 0.1) is 5.02 Å². The molecule has 0 saturated carbocycles. The molecule has 0 aromatic carbocycles. The fourth-order valence-corrected chi connectivity index (χ4v) is 2.15. The fourth-order valence-electron chi connectivity index (χ4n) is 1.09. The van der Waals surface area contributed by atoms with Crippen molar-refractivity contribution in [3.8, 4) is 12.3 Å². The number of hydrogen-bond donors (Lipinski definition) is 1. The van der Waals surface area contributed by atoms with Crippen molar-refractivity contribution in [3.05, 3.63) is 21.3 Å². The summed E-state index contributed by atoms with van der Waals surface area (Å²) in [6.07, 6.45) is 7.72. The summed E-state index contributed by atoms with van der Waals surface area (Å²) in [5, 5.41) is 5.12. The van der Waals surface area contributed by atoms with Crippen molar-refractivity contribution < 1.29 is 4.79 Å². The number of hydrogen-bond acceptors (Lipinski definition) is 2. The van der Waals surface area contributed by atoms with Gasteiger partial charge in [-0.2, -0.15) is 0 Å². The Hall–Kier alpha value is -0.980. The number of thiophene rings is 1. The molecule has 80 valence electrons. The monoisotopic (exact) mass is 241 g/mol. The Morgan fingerprint density at radius 2 is 2.40 bits per heavy atom. The minimum atomic E-state index is -0.101. The van der Waals surface area contributed by atoms with E-state index < -0.39 is 0 Å². The molecular weight excluding hydrogens is 230 g/mol. The minimum absolute atomic E-state index is 0.101. The third-order valence-electron chi connectivity index (χ3n) is 1.86. The van der Waals surface area contributed by atoms with Gasteiger partial charge < -0.3 is 5.32 Å². The molecule has 0 saturated heterocycles. The summed E-state index contributed by atoms with van der Waals surface area (Å²) < 4.78 is 0. The molecule has 1 heterocycles. The molecule has 4 heteroatoms. The fraction of sp³-hybridized carbons (Fsp3) is 0.364. The van der Waals surface area contributed by atoms with Crippen molar-refractivity contribution in [2.75, 3.05) is 6.54 Å². The largest absolute Gasteiger partial charge is 0.351 e. The van der Waals surface area contributed by atoms with E-state index in [2.05, 4.69) is 11.2 Å². The Morgan fingerprint density at radius 1 is 1.60 bits per heavy atom. The Labute approximate surface area is 98.6 Å². The van der Waals surface area contributed by atoms with Crippen molar-refractivity contribution in [2.45, 2.75) is 19.3 Å². The number of carbonyl (C=O) groups excluding carboxylic acids is 1. The molecule has 0 aliphatic carbocycles. The Bertz CT molecular complexity index is 367. The van der Waals surface area contributed by atoms with Crippen LogP contribution in [0.25, 0.3) is 0 Å². The number of nitrogens with one attached hydrogen (secondary N) is 1. The first-order chi connectivity index (χ1) is 7.25. The van der Waals surface area contributed by atoms with E-state index in [0.717, 1.165) is 19.3 Å². The van der Waals surface area contributed by atoms with Crippen LogP contribution in [0.5, 0.6) is 0 Å². The number of rotatable bonds is 5. The molecule has 0 fully saturated rings. The second-order valence-corrected chi connectivity index (χ2v) is 4.34. The molecule has 0 bridgehead atoms. The molecule has 0 spiro atoms. The highest BCUT2D eigenvalue weighted by molar-refractivity contribution is 7.12. The molecule has 0 aliphatic heterocycles. The zero-order valence-corrected chi connectivity index (χ0v) is 9.83. The van der Waals surface area contributed by atoms with Gasteiger partial charge in [0.15, 0.2) is 0 Å². The third-order valence-corrected chi connectivity index (χ3v) is 3.20. The highest BCUT2D eigenvalue weighted by Gasteiger charge is 2.10. The van der Waals surface area contributed by atoms with Crippen LogP contribution in [0, 0.1) is 12.3 Å². The second kappa shape index (κ2) is 6.49. The summed E-state index contributed by atoms with van der Waals surface area (Å²) in [4.78, 5) is 12.1. The van der Waals surface area contributed by atoms with Crippen LogP contribution >= 0.6 is 22.9 Å². The van der Waals surface area contributed by atoms with E-state index in [0.29, 0.717) is 16.4 Å². The van der Waals surface area contributed by atoms with Crippen LogP contribution in [-0.4, -0.2) is 12.5 Å². The van der Waals surface area contributed by atoms with Gasteiger partial charge >= 0.3 is 0 Å². The van der Waals surface area contributed by atoms with Gasteiger partial charge in [-0.3, -0.25) is 4.79 Å². The van der Waals surface area contributed by atoms with Gasteiger partial charge in [-0.25, -0.2) is 0 Å². The van der Waals surface area contributed by atoms with Crippen LogP contribution in [0.2, 0.25) is 5.02 Å². The lowest BCUT2D eigenvalue weighted by molar-refractivity contribution is 0.0957. The number of halogens is 1. The van der Waals surface area contributed by atoms with Gasteiger partial charge in [0.2, 0.25) is 0 Å². The number of unbranched alkanes of at least 4 members (excludes halogenated alkanes) is 2. The molecular formula is C11H12ClNOS. The average Bonchev–Trinajstić information content (AvgIpc) is 2.64. The van der Waals surface area contributed by atoms with Gasteiger partial charge in [-0.1, -0.05) is 11.6 Å². The predicted molar refractivity (Wildman–Crippen MR) is 64.3 cm³/mol. The van der Waals surface area contributed by atoms with Crippen LogP contribution in [0.1, 0.15) is 28.9 Å². The van der Waals surface area contributed by atoms with Crippen molar-refractivity contribution in [1.82, 2.24) is 5.32 Å². The molecule has 0 aliphatic rings. The SMILES string of the molecule is C#CCCCCNC(=O)c1sccc1Cl. The number of amides is 1. The topological polar surface area (TPSA) is 29.1 Å². The quantitative estimate of drug-likeness (QED) is 0.623. The van der Waals surface area contributed by atoms with Crippen molar-refractivity contribution in [1.29, 1.82) is 0 Å². The molecule has 1 N–H and O–H groups in total. The Kier molecular flexibility index (Phi) is 5.23. The first kappa shape index (κ1) is 12.1. The molecule has 1 rings (SSSR count). The predicted octanol–water partition coefficient (Wildman–Crippen LogP) is 2.93. The van der Waals surface area contributed by atoms with Crippen LogP contribution in [0.4, 0.5) is 0 Å². The lowest BCUT2D eigenvalue weighted by atomic mass is 10.2. The van der Waals surface area contributed by atoms with Crippen molar-refractivity contribution in [2.24, 2.45) is 0 Å². The maximum atomic E-state index is 11.5. The molecule has 0 radical (unpaired) electrons. The van der Waals surface area contributed by atoms with Gasteiger partial charge in [0.25, 0.3) is 5.91 Å². The van der Waals surface area contributed by atoms with E-state index in [1.807, 2.05) is 0 Å². The van der Waals surface area contributed by atoms with E-state index in [1.54, 1.807) is 11.4 Å². The summed E-state index contributed by atoms with van der Waals surface area (Å²) in [5.41, 5.74) is 0.